The van der Waals surface area contributed by atoms with Crippen molar-refractivity contribution in [1.82, 2.24) is 14.8 Å². The molecule has 2 N–H and O–H groups in total. The van der Waals surface area contributed by atoms with Crippen molar-refractivity contribution < 1.29 is 9.53 Å². The van der Waals surface area contributed by atoms with Crippen LogP contribution in [0.1, 0.15) is 31.3 Å². The molecule has 0 aliphatic rings. The van der Waals surface area contributed by atoms with Gasteiger partial charge in [-0.25, -0.2) is 0 Å². The first kappa shape index (κ1) is 17.6. The van der Waals surface area contributed by atoms with Crippen molar-refractivity contribution in [2.24, 2.45) is 5.73 Å². The molecule has 1 heterocycles. The Balaban J connectivity index is 2.18. The van der Waals surface area contributed by atoms with Crippen molar-refractivity contribution in [3.63, 3.8) is 0 Å². The fraction of sp³-hybridized carbons (Fsp3) is 0.400. The second-order valence-corrected chi connectivity index (χ2v) is 6.39. The monoisotopic (exact) mass is 354 g/mol. The standard InChI is InChI=1S/C15H19ClN4O2S/c1-4-20-14(18-19-15(20)23-8-13(17)21)10(3)22-12-6-5-11(16)7-9(12)2/h5-7,10H,4,8H2,1-3H3,(H2,17,21). The van der Waals surface area contributed by atoms with Crippen molar-refractivity contribution in [2.45, 2.75) is 38.6 Å². The van der Waals surface area contributed by atoms with Crippen molar-refractivity contribution >= 4 is 29.3 Å². The molecule has 2 aromatic rings. The average Bonchev–Trinajstić information content (AvgIpc) is 2.90. The second-order valence-electron chi connectivity index (χ2n) is 5.01. The van der Waals surface area contributed by atoms with Crippen LogP contribution in [0, 0.1) is 6.92 Å². The Morgan fingerprint density at radius 1 is 1.48 bits per heavy atom. The second kappa shape index (κ2) is 7.70. The first-order valence-electron chi connectivity index (χ1n) is 7.19. The molecule has 1 atom stereocenters. The highest BCUT2D eigenvalue weighted by molar-refractivity contribution is 7.99. The van der Waals surface area contributed by atoms with Gasteiger partial charge >= 0.3 is 0 Å². The number of hydrogen-bond acceptors (Lipinski definition) is 5. The van der Waals surface area contributed by atoms with E-state index in [0.29, 0.717) is 22.5 Å². The van der Waals surface area contributed by atoms with Gasteiger partial charge in [0.25, 0.3) is 0 Å². The molecule has 0 saturated carbocycles. The van der Waals surface area contributed by atoms with Gasteiger partial charge in [0, 0.05) is 11.6 Å². The Bertz CT molecular complexity index is 705. The van der Waals surface area contributed by atoms with Crippen LogP contribution in [0.25, 0.3) is 0 Å². The van der Waals surface area contributed by atoms with Crippen LogP contribution in [0.5, 0.6) is 5.75 Å². The number of halogens is 1. The SMILES string of the molecule is CCn1c(SCC(N)=O)nnc1C(C)Oc1ccc(Cl)cc1C. The zero-order valence-electron chi connectivity index (χ0n) is 13.2. The van der Waals surface area contributed by atoms with Gasteiger partial charge in [-0.2, -0.15) is 0 Å². The van der Waals surface area contributed by atoms with Crippen LogP contribution in [0.4, 0.5) is 0 Å². The van der Waals surface area contributed by atoms with E-state index in [2.05, 4.69) is 10.2 Å². The molecular formula is C15H19ClN4O2S. The Hall–Kier alpha value is -1.73. The van der Waals surface area contributed by atoms with Gasteiger partial charge in [-0.3, -0.25) is 4.79 Å². The number of primary amides is 1. The highest BCUT2D eigenvalue weighted by Crippen LogP contribution is 2.28. The van der Waals surface area contributed by atoms with Gasteiger partial charge < -0.3 is 15.0 Å². The highest BCUT2D eigenvalue weighted by Gasteiger charge is 2.19. The smallest absolute Gasteiger partial charge is 0.227 e. The summed E-state index contributed by atoms with van der Waals surface area (Å²) in [6.07, 6.45) is -0.287. The summed E-state index contributed by atoms with van der Waals surface area (Å²) in [5, 5.41) is 9.65. The highest BCUT2D eigenvalue weighted by atomic mass is 35.5. The van der Waals surface area contributed by atoms with Crippen molar-refractivity contribution in [3.05, 3.63) is 34.6 Å². The number of rotatable bonds is 7. The van der Waals surface area contributed by atoms with E-state index in [1.807, 2.05) is 37.5 Å². The Morgan fingerprint density at radius 3 is 2.83 bits per heavy atom. The minimum absolute atomic E-state index is 0.170. The Kier molecular flexibility index (Phi) is 5.90. The minimum atomic E-state index is -0.386. The number of benzene rings is 1. The molecule has 0 aliphatic heterocycles. The van der Waals surface area contributed by atoms with E-state index in [4.69, 9.17) is 22.1 Å². The molecule has 8 heteroatoms. The van der Waals surface area contributed by atoms with Gasteiger partial charge in [0.05, 0.1) is 5.75 Å². The molecule has 2 rings (SSSR count). The molecule has 1 aromatic carbocycles. The summed E-state index contributed by atoms with van der Waals surface area (Å²) in [5.74, 6) is 1.24. The van der Waals surface area contributed by atoms with Crippen LogP contribution in [0.2, 0.25) is 5.02 Å². The molecular weight excluding hydrogens is 336 g/mol. The molecule has 0 aliphatic carbocycles. The fourth-order valence-corrected chi connectivity index (χ4v) is 3.10. The molecule has 1 unspecified atom stereocenters. The van der Waals surface area contributed by atoms with Gasteiger partial charge in [-0.05, 0) is 44.5 Å². The first-order valence-corrected chi connectivity index (χ1v) is 8.55. The summed E-state index contributed by atoms with van der Waals surface area (Å²) in [6, 6.07) is 5.47. The van der Waals surface area contributed by atoms with E-state index in [1.54, 1.807) is 6.07 Å². The topological polar surface area (TPSA) is 83.0 Å². The largest absolute Gasteiger partial charge is 0.482 e. The lowest BCUT2D eigenvalue weighted by Gasteiger charge is -2.17. The lowest BCUT2D eigenvalue weighted by atomic mass is 10.2. The van der Waals surface area contributed by atoms with Crippen molar-refractivity contribution in [1.29, 1.82) is 0 Å². The van der Waals surface area contributed by atoms with Crippen LogP contribution in [-0.2, 0) is 11.3 Å². The number of ether oxygens (including phenoxy) is 1. The maximum Gasteiger partial charge on any atom is 0.227 e. The van der Waals surface area contributed by atoms with Crippen LogP contribution in [0.3, 0.4) is 0 Å². The first-order chi connectivity index (χ1) is 10.9. The summed E-state index contributed by atoms with van der Waals surface area (Å²) >= 11 is 7.23. The van der Waals surface area contributed by atoms with Crippen LogP contribution in [0.15, 0.2) is 23.4 Å². The van der Waals surface area contributed by atoms with Gasteiger partial charge in [-0.1, -0.05) is 23.4 Å². The molecule has 23 heavy (non-hydrogen) atoms. The molecule has 0 saturated heterocycles. The molecule has 0 fully saturated rings. The quantitative estimate of drug-likeness (QED) is 0.773. The van der Waals surface area contributed by atoms with E-state index < -0.39 is 0 Å². The van der Waals surface area contributed by atoms with Crippen LogP contribution >= 0.6 is 23.4 Å². The lowest BCUT2D eigenvalue weighted by Crippen LogP contribution is -2.15. The van der Waals surface area contributed by atoms with E-state index in [-0.39, 0.29) is 17.8 Å². The number of carbonyl (C=O) groups excluding carboxylic acids is 1. The van der Waals surface area contributed by atoms with E-state index in [1.165, 1.54) is 11.8 Å². The number of hydrogen-bond donors (Lipinski definition) is 1. The number of aryl methyl sites for hydroxylation is 1. The third kappa shape index (κ3) is 4.39. The number of thioether (sulfide) groups is 1. The van der Waals surface area contributed by atoms with Crippen molar-refractivity contribution in [2.75, 3.05) is 5.75 Å². The van der Waals surface area contributed by atoms with Gasteiger partial charge in [0.1, 0.15) is 5.75 Å². The Labute approximate surface area is 144 Å². The zero-order valence-corrected chi connectivity index (χ0v) is 14.8. The predicted octanol–water partition coefficient (Wildman–Crippen LogP) is 2.98. The molecule has 0 spiro atoms. The van der Waals surface area contributed by atoms with Gasteiger partial charge in [0.15, 0.2) is 17.1 Å². The maximum atomic E-state index is 10.9. The van der Waals surface area contributed by atoms with Gasteiger partial charge in [0.2, 0.25) is 5.91 Å². The number of nitrogens with zero attached hydrogens (tertiary/aromatic N) is 3. The summed E-state index contributed by atoms with van der Waals surface area (Å²) < 4.78 is 7.90. The molecule has 0 bridgehead atoms. The van der Waals surface area contributed by atoms with Crippen LogP contribution < -0.4 is 10.5 Å². The summed E-state index contributed by atoms with van der Waals surface area (Å²) in [4.78, 5) is 10.9. The number of carbonyl (C=O) groups is 1. The van der Waals surface area contributed by atoms with E-state index >= 15 is 0 Å². The van der Waals surface area contributed by atoms with E-state index in [9.17, 15) is 4.79 Å². The number of nitrogens with two attached hydrogens (primary N) is 1. The normalized spacial score (nSPS) is 12.2. The number of amides is 1. The Morgan fingerprint density at radius 2 is 2.22 bits per heavy atom. The maximum absolute atomic E-state index is 10.9. The molecule has 1 amide bonds. The third-order valence-electron chi connectivity index (χ3n) is 3.21. The molecule has 0 radical (unpaired) electrons. The summed E-state index contributed by atoms with van der Waals surface area (Å²) in [5.41, 5.74) is 6.13. The zero-order chi connectivity index (χ0) is 17.0. The summed E-state index contributed by atoms with van der Waals surface area (Å²) in [6.45, 7) is 6.51. The van der Waals surface area contributed by atoms with Gasteiger partial charge in [-0.15, -0.1) is 10.2 Å². The van der Waals surface area contributed by atoms with Crippen molar-refractivity contribution in [3.8, 4) is 5.75 Å². The van der Waals surface area contributed by atoms with E-state index in [0.717, 1.165) is 11.3 Å². The average molecular weight is 355 g/mol. The molecule has 1 aromatic heterocycles. The summed E-state index contributed by atoms with van der Waals surface area (Å²) in [7, 11) is 0. The lowest BCUT2D eigenvalue weighted by molar-refractivity contribution is -0.115. The molecule has 124 valence electrons. The predicted molar refractivity (Wildman–Crippen MR) is 90.8 cm³/mol. The molecule has 6 nitrogen and oxygen atoms in total. The minimum Gasteiger partial charge on any atom is -0.482 e. The fourth-order valence-electron chi connectivity index (χ4n) is 2.13. The van der Waals surface area contributed by atoms with Crippen LogP contribution in [-0.4, -0.2) is 26.4 Å². The number of aromatic nitrogens is 3. The third-order valence-corrected chi connectivity index (χ3v) is 4.43.